The summed E-state index contributed by atoms with van der Waals surface area (Å²) < 4.78 is 64.9. The van der Waals surface area contributed by atoms with Gasteiger partial charge in [-0.3, -0.25) is 4.79 Å². The molecule has 33 heavy (non-hydrogen) atoms. The van der Waals surface area contributed by atoms with E-state index in [0.29, 0.717) is 19.3 Å². The lowest BCUT2D eigenvalue weighted by molar-refractivity contribution is -0.186. The highest BCUT2D eigenvalue weighted by atomic mass is 32.2. The van der Waals surface area contributed by atoms with Crippen molar-refractivity contribution in [2.45, 2.75) is 36.3 Å². The predicted molar refractivity (Wildman–Crippen MR) is 113 cm³/mol. The van der Waals surface area contributed by atoms with E-state index < -0.39 is 27.9 Å². The van der Waals surface area contributed by atoms with Crippen molar-refractivity contribution in [1.82, 2.24) is 9.62 Å². The number of aromatic hydroxyl groups is 1. The Morgan fingerprint density at radius 2 is 1.79 bits per heavy atom. The molecular formula is C22H22F3N3O4S. The number of nitrogens with zero attached hydrogens (tertiary/aromatic N) is 2. The largest absolute Gasteiger partial charge is 0.507 e. The standard InChI is InChI=1S/C22H22F3N3O4S/c23-22(24,25)21(30)28-11-8-18(9-12-28)17-4-1-15(2-5-17)7-10-27-33(31,32)20-13-16(14-26)3-6-19(20)29/h1-6,13,18,27,29H,7-12H2. The fraction of sp³-hybridized carbons (Fsp3) is 0.364. The lowest BCUT2D eigenvalue weighted by Crippen LogP contribution is -2.45. The maximum atomic E-state index is 12.6. The summed E-state index contributed by atoms with van der Waals surface area (Å²) in [6.07, 6.45) is -3.61. The van der Waals surface area contributed by atoms with Crippen LogP contribution in [0.3, 0.4) is 0 Å². The second-order valence-corrected chi connectivity index (χ2v) is 9.48. The Morgan fingerprint density at radius 3 is 2.36 bits per heavy atom. The lowest BCUT2D eigenvalue weighted by atomic mass is 9.89. The molecule has 1 aliphatic heterocycles. The quantitative estimate of drug-likeness (QED) is 0.659. The first-order valence-corrected chi connectivity index (χ1v) is 11.7. The molecule has 0 aromatic heterocycles. The van der Waals surface area contributed by atoms with Crippen molar-refractivity contribution in [1.29, 1.82) is 5.26 Å². The third-order valence-electron chi connectivity index (χ3n) is 5.56. The lowest BCUT2D eigenvalue weighted by Gasteiger charge is -2.32. The number of likely N-dealkylation sites (tertiary alicyclic amines) is 1. The van der Waals surface area contributed by atoms with Crippen LogP contribution in [-0.4, -0.2) is 50.1 Å². The number of phenolic OH excluding ortho intramolecular Hbond substituents is 1. The summed E-state index contributed by atoms with van der Waals surface area (Å²) in [5, 5.41) is 18.7. The summed E-state index contributed by atoms with van der Waals surface area (Å²) in [6.45, 7) is 0.161. The van der Waals surface area contributed by atoms with Gasteiger partial charge in [0, 0.05) is 19.6 Å². The van der Waals surface area contributed by atoms with Crippen LogP contribution in [0.4, 0.5) is 13.2 Å². The first-order chi connectivity index (χ1) is 15.5. The van der Waals surface area contributed by atoms with Gasteiger partial charge in [0.2, 0.25) is 10.0 Å². The van der Waals surface area contributed by atoms with Crippen molar-refractivity contribution < 1.29 is 31.5 Å². The molecule has 11 heteroatoms. The van der Waals surface area contributed by atoms with E-state index in [1.807, 2.05) is 30.3 Å². The number of phenols is 1. The smallest absolute Gasteiger partial charge is 0.471 e. The number of benzene rings is 2. The Labute approximate surface area is 189 Å². The monoisotopic (exact) mass is 481 g/mol. The topological polar surface area (TPSA) is 110 Å². The van der Waals surface area contributed by atoms with Gasteiger partial charge in [-0.05, 0) is 54.5 Å². The minimum atomic E-state index is -4.85. The molecule has 1 heterocycles. The second kappa shape index (κ2) is 9.80. The first kappa shape index (κ1) is 24.5. The molecule has 176 valence electrons. The SMILES string of the molecule is N#Cc1ccc(O)c(S(=O)(=O)NCCc2ccc(C3CCN(C(=O)C(F)(F)F)CC3)cc2)c1. The molecule has 0 unspecified atom stereocenters. The van der Waals surface area contributed by atoms with Crippen LogP contribution in [0.5, 0.6) is 5.75 Å². The number of alkyl halides is 3. The van der Waals surface area contributed by atoms with Gasteiger partial charge in [-0.2, -0.15) is 18.4 Å². The van der Waals surface area contributed by atoms with E-state index in [1.165, 1.54) is 6.07 Å². The van der Waals surface area contributed by atoms with Gasteiger partial charge >= 0.3 is 12.1 Å². The fourth-order valence-electron chi connectivity index (χ4n) is 3.76. The zero-order valence-corrected chi connectivity index (χ0v) is 18.3. The third-order valence-corrected chi connectivity index (χ3v) is 7.05. The second-order valence-electron chi connectivity index (χ2n) is 7.75. The van der Waals surface area contributed by atoms with Crippen LogP contribution in [0.25, 0.3) is 0 Å². The molecular weight excluding hydrogens is 459 g/mol. The summed E-state index contributed by atoms with van der Waals surface area (Å²) in [6, 6.07) is 12.7. The molecule has 2 N–H and O–H groups in total. The average Bonchev–Trinajstić information content (AvgIpc) is 2.78. The van der Waals surface area contributed by atoms with Crippen molar-refractivity contribution in [3.8, 4) is 11.8 Å². The molecule has 7 nitrogen and oxygen atoms in total. The van der Waals surface area contributed by atoms with Gasteiger partial charge in [-0.15, -0.1) is 0 Å². The van der Waals surface area contributed by atoms with Gasteiger partial charge in [0.1, 0.15) is 10.6 Å². The fourth-order valence-corrected chi connectivity index (χ4v) is 4.91. The molecule has 2 aromatic carbocycles. The van der Waals surface area contributed by atoms with Crippen LogP contribution in [0.1, 0.15) is 35.4 Å². The van der Waals surface area contributed by atoms with E-state index in [1.54, 1.807) is 0 Å². The van der Waals surface area contributed by atoms with E-state index >= 15 is 0 Å². The molecule has 0 aliphatic carbocycles. The average molecular weight is 481 g/mol. The Morgan fingerprint density at radius 1 is 1.15 bits per heavy atom. The molecule has 2 aromatic rings. The van der Waals surface area contributed by atoms with Crippen LogP contribution >= 0.6 is 0 Å². The van der Waals surface area contributed by atoms with Gasteiger partial charge in [0.15, 0.2) is 0 Å². The number of amides is 1. The number of hydrogen-bond donors (Lipinski definition) is 2. The van der Waals surface area contributed by atoms with Crippen molar-refractivity contribution in [2.75, 3.05) is 19.6 Å². The molecule has 1 saturated heterocycles. The maximum absolute atomic E-state index is 12.6. The van der Waals surface area contributed by atoms with Crippen LogP contribution in [0.2, 0.25) is 0 Å². The first-order valence-electron chi connectivity index (χ1n) is 10.2. The molecule has 1 amide bonds. The Bertz CT molecular complexity index is 1150. The molecule has 1 aliphatic rings. The Kier molecular flexibility index (Phi) is 7.29. The molecule has 0 bridgehead atoms. The molecule has 0 saturated carbocycles. The highest BCUT2D eigenvalue weighted by molar-refractivity contribution is 7.89. The third kappa shape index (κ3) is 6.03. The number of halogens is 3. The van der Waals surface area contributed by atoms with Crippen molar-refractivity contribution in [2.24, 2.45) is 0 Å². The van der Waals surface area contributed by atoms with Gasteiger partial charge in [-0.25, -0.2) is 13.1 Å². The number of nitrogens with one attached hydrogen (secondary N) is 1. The summed E-state index contributed by atoms with van der Waals surface area (Å²) in [7, 11) is -4.01. The van der Waals surface area contributed by atoms with E-state index in [-0.39, 0.29) is 36.0 Å². The van der Waals surface area contributed by atoms with Gasteiger partial charge in [-0.1, -0.05) is 24.3 Å². The summed E-state index contributed by atoms with van der Waals surface area (Å²) in [4.78, 5) is 11.8. The summed E-state index contributed by atoms with van der Waals surface area (Å²) in [5.41, 5.74) is 1.91. The van der Waals surface area contributed by atoms with Crippen LogP contribution in [-0.2, 0) is 21.2 Å². The number of carbonyl (C=O) groups excluding carboxylic acids is 1. The van der Waals surface area contributed by atoms with E-state index in [2.05, 4.69) is 4.72 Å². The number of sulfonamides is 1. The Hall–Kier alpha value is -3.10. The number of hydrogen-bond acceptors (Lipinski definition) is 5. The molecule has 1 fully saturated rings. The zero-order chi connectivity index (χ0) is 24.2. The number of rotatable bonds is 6. The molecule has 0 atom stereocenters. The Balaban J connectivity index is 1.54. The minimum absolute atomic E-state index is 0.0465. The summed E-state index contributed by atoms with van der Waals surface area (Å²) >= 11 is 0. The molecule has 0 spiro atoms. The van der Waals surface area contributed by atoms with Crippen molar-refractivity contribution >= 4 is 15.9 Å². The van der Waals surface area contributed by atoms with Crippen LogP contribution in [0, 0.1) is 11.3 Å². The zero-order valence-electron chi connectivity index (χ0n) is 17.5. The predicted octanol–water partition coefficient (Wildman–Crippen LogP) is 3.05. The highest BCUT2D eigenvalue weighted by Gasteiger charge is 2.43. The van der Waals surface area contributed by atoms with E-state index in [4.69, 9.17) is 5.26 Å². The van der Waals surface area contributed by atoms with Crippen LogP contribution in [0.15, 0.2) is 47.4 Å². The summed E-state index contributed by atoms with van der Waals surface area (Å²) in [5.74, 6) is -2.20. The number of piperidine rings is 1. The van der Waals surface area contributed by atoms with Gasteiger partial charge < -0.3 is 10.0 Å². The van der Waals surface area contributed by atoms with Crippen molar-refractivity contribution in [3.05, 3.63) is 59.2 Å². The minimum Gasteiger partial charge on any atom is -0.507 e. The number of nitriles is 1. The maximum Gasteiger partial charge on any atom is 0.471 e. The van der Waals surface area contributed by atoms with Gasteiger partial charge in [0.05, 0.1) is 11.6 Å². The molecule has 0 radical (unpaired) electrons. The number of carbonyl (C=O) groups is 1. The van der Waals surface area contributed by atoms with Crippen LogP contribution < -0.4 is 4.72 Å². The van der Waals surface area contributed by atoms with Crippen molar-refractivity contribution in [3.63, 3.8) is 0 Å². The highest BCUT2D eigenvalue weighted by Crippen LogP contribution is 2.30. The van der Waals surface area contributed by atoms with E-state index in [0.717, 1.165) is 28.2 Å². The van der Waals surface area contributed by atoms with Gasteiger partial charge in [0.25, 0.3) is 0 Å². The molecule has 3 rings (SSSR count). The normalized spacial score (nSPS) is 15.3. The van der Waals surface area contributed by atoms with E-state index in [9.17, 15) is 31.5 Å².